The van der Waals surface area contributed by atoms with Gasteiger partial charge >= 0.3 is 0 Å². The van der Waals surface area contributed by atoms with Gasteiger partial charge in [-0.1, -0.05) is 27.2 Å². The van der Waals surface area contributed by atoms with Gasteiger partial charge in [0.25, 0.3) is 0 Å². The quantitative estimate of drug-likeness (QED) is 0.818. The van der Waals surface area contributed by atoms with Crippen molar-refractivity contribution in [1.29, 1.82) is 0 Å². The van der Waals surface area contributed by atoms with Crippen molar-refractivity contribution in [3.63, 3.8) is 0 Å². The van der Waals surface area contributed by atoms with E-state index in [0.717, 1.165) is 12.6 Å². The van der Waals surface area contributed by atoms with E-state index in [1.165, 1.54) is 45.2 Å². The summed E-state index contributed by atoms with van der Waals surface area (Å²) < 4.78 is 0. The molecule has 0 aromatic carbocycles. The molecule has 0 spiro atoms. The molecule has 1 N–H and O–H groups in total. The molecule has 0 aromatic rings. The normalized spacial score (nSPS) is 29.7. The van der Waals surface area contributed by atoms with Crippen LogP contribution >= 0.6 is 0 Å². The van der Waals surface area contributed by atoms with Gasteiger partial charge in [-0.05, 0) is 44.7 Å². The highest BCUT2D eigenvalue weighted by molar-refractivity contribution is 5.81. The number of piperidine rings is 2. The van der Waals surface area contributed by atoms with Crippen LogP contribution in [0.2, 0.25) is 0 Å². The maximum Gasteiger partial charge on any atom is 0.225 e. The third-order valence-electron chi connectivity index (χ3n) is 4.43. The molecule has 2 fully saturated rings. The third kappa shape index (κ3) is 3.25. The number of amides is 1. The summed E-state index contributed by atoms with van der Waals surface area (Å²) in [5, 5.41) is 3.16. The number of hydrogen-bond acceptors (Lipinski definition) is 2. The summed E-state index contributed by atoms with van der Waals surface area (Å²) in [7, 11) is 0. The summed E-state index contributed by atoms with van der Waals surface area (Å²) in [6.07, 6.45) is 6.64. The van der Waals surface area contributed by atoms with Gasteiger partial charge in [0.2, 0.25) is 5.91 Å². The van der Waals surface area contributed by atoms with Crippen molar-refractivity contribution < 1.29 is 4.79 Å². The molecule has 0 unspecified atom stereocenters. The van der Waals surface area contributed by atoms with Crippen molar-refractivity contribution >= 4 is 5.91 Å². The Hall–Kier alpha value is -0.570. The first-order valence-corrected chi connectivity index (χ1v) is 7.51. The summed E-state index contributed by atoms with van der Waals surface area (Å²) in [5.74, 6) is 0.862. The highest BCUT2D eigenvalue weighted by Gasteiger charge is 2.33. The highest BCUT2D eigenvalue weighted by atomic mass is 16.2. The van der Waals surface area contributed by atoms with Crippen LogP contribution in [0.25, 0.3) is 0 Å². The third-order valence-corrected chi connectivity index (χ3v) is 4.43. The number of carbonyl (C=O) groups is 1. The molecule has 0 aromatic heterocycles. The average Bonchev–Trinajstić information content (AvgIpc) is 2.34. The lowest BCUT2D eigenvalue weighted by Crippen LogP contribution is -2.51. The van der Waals surface area contributed by atoms with E-state index < -0.39 is 0 Å². The van der Waals surface area contributed by atoms with Crippen LogP contribution < -0.4 is 5.32 Å². The second-order valence-electron chi connectivity index (χ2n) is 6.96. The lowest BCUT2D eigenvalue weighted by molar-refractivity contribution is -0.128. The molecule has 18 heavy (non-hydrogen) atoms. The van der Waals surface area contributed by atoms with E-state index in [2.05, 4.69) is 10.2 Å². The van der Waals surface area contributed by atoms with E-state index in [4.69, 9.17) is 0 Å². The first-order chi connectivity index (χ1) is 8.48. The molecule has 2 rings (SSSR count). The summed E-state index contributed by atoms with van der Waals surface area (Å²) >= 11 is 0. The van der Waals surface area contributed by atoms with Gasteiger partial charge in [-0.3, -0.25) is 4.79 Å². The number of nitrogens with zero attached hydrogens (tertiary/aromatic N) is 1. The maximum atomic E-state index is 11.9. The van der Waals surface area contributed by atoms with Gasteiger partial charge in [0.15, 0.2) is 0 Å². The Balaban J connectivity index is 1.86. The molecule has 0 bridgehead atoms. The average molecular weight is 252 g/mol. The predicted octanol–water partition coefficient (Wildman–Crippen LogP) is 2.41. The zero-order valence-electron chi connectivity index (χ0n) is 12.2. The molecule has 3 heteroatoms. The molecule has 2 saturated heterocycles. The maximum absolute atomic E-state index is 11.9. The van der Waals surface area contributed by atoms with Gasteiger partial charge in [-0.25, -0.2) is 0 Å². The Morgan fingerprint density at radius 3 is 2.61 bits per heavy atom. The Morgan fingerprint density at radius 1 is 1.17 bits per heavy atom. The molecule has 0 saturated carbocycles. The number of hydrogen-bond donors (Lipinski definition) is 1. The molecule has 3 nitrogen and oxygen atoms in total. The first-order valence-electron chi connectivity index (χ1n) is 7.51. The zero-order chi connectivity index (χ0) is 13.2. The largest absolute Gasteiger partial charge is 0.355 e. The Labute approximate surface area is 111 Å². The van der Waals surface area contributed by atoms with E-state index in [0.29, 0.717) is 5.92 Å². The fourth-order valence-electron chi connectivity index (χ4n) is 3.30. The van der Waals surface area contributed by atoms with Crippen LogP contribution in [0.3, 0.4) is 0 Å². The van der Waals surface area contributed by atoms with Crippen LogP contribution in [0.5, 0.6) is 0 Å². The van der Waals surface area contributed by atoms with Crippen molar-refractivity contribution in [2.45, 2.75) is 58.9 Å². The van der Waals surface area contributed by atoms with E-state index in [9.17, 15) is 4.79 Å². The first kappa shape index (κ1) is 13.9. The van der Waals surface area contributed by atoms with Gasteiger partial charge in [-0.2, -0.15) is 0 Å². The van der Waals surface area contributed by atoms with E-state index in [-0.39, 0.29) is 11.3 Å². The van der Waals surface area contributed by atoms with Crippen molar-refractivity contribution in [2.75, 3.05) is 19.6 Å². The van der Waals surface area contributed by atoms with E-state index in [1.54, 1.807) is 0 Å². The summed E-state index contributed by atoms with van der Waals surface area (Å²) in [5.41, 5.74) is -0.263. The van der Waals surface area contributed by atoms with E-state index >= 15 is 0 Å². The topological polar surface area (TPSA) is 32.3 Å². The summed E-state index contributed by atoms with van der Waals surface area (Å²) in [6.45, 7) is 9.36. The molecule has 2 atom stereocenters. The number of rotatable bonds is 2. The lowest BCUT2D eigenvalue weighted by Gasteiger charge is -2.44. The minimum atomic E-state index is -0.263. The SMILES string of the molecule is CC(C)(C)C(=O)NC[C@H]1CCCN2CCCC[C@H]12. The standard InChI is InChI=1S/C15H28N2O/c1-15(2,3)14(18)16-11-12-7-6-10-17-9-5-4-8-13(12)17/h12-13H,4-11H2,1-3H3,(H,16,18)/t12-,13-/m1/s1. The zero-order valence-corrected chi connectivity index (χ0v) is 12.2. The molecule has 0 radical (unpaired) electrons. The second-order valence-corrected chi connectivity index (χ2v) is 6.96. The number of fused-ring (bicyclic) bond motifs is 1. The van der Waals surface area contributed by atoms with Crippen LogP contribution in [0.4, 0.5) is 0 Å². The van der Waals surface area contributed by atoms with Crippen molar-refractivity contribution in [3.05, 3.63) is 0 Å². The second kappa shape index (κ2) is 5.60. The summed E-state index contributed by atoms with van der Waals surface area (Å²) in [4.78, 5) is 14.6. The minimum absolute atomic E-state index is 0.190. The molecule has 2 aliphatic heterocycles. The fourth-order valence-corrected chi connectivity index (χ4v) is 3.30. The summed E-state index contributed by atoms with van der Waals surface area (Å²) in [6, 6.07) is 0.729. The van der Waals surface area contributed by atoms with Gasteiger partial charge in [-0.15, -0.1) is 0 Å². The lowest BCUT2D eigenvalue weighted by atomic mass is 9.83. The van der Waals surface area contributed by atoms with Crippen molar-refractivity contribution in [1.82, 2.24) is 10.2 Å². The molecule has 2 heterocycles. The van der Waals surface area contributed by atoms with Crippen molar-refractivity contribution in [3.8, 4) is 0 Å². The molecular formula is C15H28N2O. The molecule has 0 aliphatic carbocycles. The van der Waals surface area contributed by atoms with Crippen LogP contribution in [-0.2, 0) is 4.79 Å². The fraction of sp³-hybridized carbons (Fsp3) is 0.933. The van der Waals surface area contributed by atoms with Gasteiger partial charge in [0.1, 0.15) is 0 Å². The molecule has 1 amide bonds. The van der Waals surface area contributed by atoms with Gasteiger partial charge in [0, 0.05) is 18.0 Å². The van der Waals surface area contributed by atoms with Crippen LogP contribution in [0.15, 0.2) is 0 Å². The predicted molar refractivity (Wildman–Crippen MR) is 74.4 cm³/mol. The van der Waals surface area contributed by atoms with Crippen molar-refractivity contribution in [2.24, 2.45) is 11.3 Å². The monoisotopic (exact) mass is 252 g/mol. The number of nitrogens with one attached hydrogen (secondary N) is 1. The van der Waals surface area contributed by atoms with Gasteiger partial charge < -0.3 is 10.2 Å². The Morgan fingerprint density at radius 2 is 1.89 bits per heavy atom. The van der Waals surface area contributed by atoms with E-state index in [1.807, 2.05) is 20.8 Å². The van der Waals surface area contributed by atoms with Crippen LogP contribution in [0.1, 0.15) is 52.9 Å². The smallest absolute Gasteiger partial charge is 0.225 e. The number of carbonyl (C=O) groups excluding carboxylic acids is 1. The van der Waals surface area contributed by atoms with Crippen LogP contribution in [-0.4, -0.2) is 36.5 Å². The van der Waals surface area contributed by atoms with Crippen LogP contribution in [0, 0.1) is 11.3 Å². The minimum Gasteiger partial charge on any atom is -0.355 e. The highest BCUT2D eigenvalue weighted by Crippen LogP contribution is 2.30. The van der Waals surface area contributed by atoms with Gasteiger partial charge in [0.05, 0.1) is 0 Å². The molecule has 104 valence electrons. The molecule has 2 aliphatic rings. The molecular weight excluding hydrogens is 224 g/mol. The Bertz CT molecular complexity index is 293. The Kier molecular flexibility index (Phi) is 4.31.